The minimum atomic E-state index is -2.27. The van der Waals surface area contributed by atoms with E-state index in [1.165, 1.54) is 0 Å². The van der Waals surface area contributed by atoms with E-state index in [2.05, 4.69) is 0 Å². The van der Waals surface area contributed by atoms with Crippen LogP contribution >= 0.6 is 0 Å². The lowest BCUT2D eigenvalue weighted by Crippen LogP contribution is -2.39. The average molecular weight is 251 g/mol. The first-order chi connectivity index (χ1) is 7.75. The summed E-state index contributed by atoms with van der Waals surface area (Å²) in [5.41, 5.74) is 5.47. The van der Waals surface area contributed by atoms with Gasteiger partial charge in [0.15, 0.2) is 12.2 Å². The summed E-state index contributed by atoms with van der Waals surface area (Å²) in [4.78, 5) is 19.5. The molecule has 0 amide bonds. The van der Waals surface area contributed by atoms with E-state index >= 15 is 0 Å². The Morgan fingerprint density at radius 2 is 1.47 bits per heavy atom. The number of nitrogens with two attached hydrogens (primary N) is 1. The maximum Gasteiger partial charge on any atom is 0.335 e. The lowest BCUT2D eigenvalue weighted by Gasteiger charge is -2.07. The quantitative estimate of drug-likeness (QED) is 0.327. The van der Waals surface area contributed by atoms with Gasteiger partial charge in [0, 0.05) is 6.04 Å². The van der Waals surface area contributed by atoms with Gasteiger partial charge in [0.25, 0.3) is 0 Å². The van der Waals surface area contributed by atoms with E-state index in [4.69, 9.17) is 31.3 Å². The molecule has 4 atom stereocenters. The molecular weight excluding hydrogens is 234 g/mol. The summed E-state index contributed by atoms with van der Waals surface area (Å²) in [6.45, 7) is 0. The van der Waals surface area contributed by atoms with Crippen LogP contribution in [-0.2, 0) is 9.59 Å². The van der Waals surface area contributed by atoms with Gasteiger partial charge in [-0.15, -0.1) is 0 Å². The molecule has 2 unspecified atom stereocenters. The Kier molecular flexibility index (Phi) is 6.66. The molecule has 8 nitrogen and oxygen atoms in total. The van der Waals surface area contributed by atoms with Crippen LogP contribution in [0.4, 0.5) is 0 Å². The molecule has 0 aromatic heterocycles. The third kappa shape index (κ3) is 6.17. The van der Waals surface area contributed by atoms with Gasteiger partial charge in [0.1, 0.15) is 0 Å². The van der Waals surface area contributed by atoms with Gasteiger partial charge in [-0.3, -0.25) is 0 Å². The van der Waals surface area contributed by atoms with Crippen LogP contribution in [0.5, 0.6) is 0 Å². The van der Waals surface area contributed by atoms with Crippen molar-refractivity contribution in [3.8, 4) is 0 Å². The zero-order chi connectivity index (χ0) is 13.6. The van der Waals surface area contributed by atoms with E-state index in [9.17, 15) is 9.59 Å². The number of carboxylic acids is 2. The number of carbonyl (C=O) groups is 2. The highest BCUT2D eigenvalue weighted by Gasteiger charge is 2.29. The van der Waals surface area contributed by atoms with Crippen LogP contribution in [0.3, 0.4) is 0 Å². The smallest absolute Gasteiger partial charge is 0.335 e. The number of hydrogen-bond acceptors (Lipinski definition) is 6. The largest absolute Gasteiger partial charge is 0.479 e. The van der Waals surface area contributed by atoms with Crippen molar-refractivity contribution in [2.75, 3.05) is 0 Å². The topological polar surface area (TPSA) is 161 Å². The number of aliphatic carboxylic acids is 2. The second-order valence-corrected chi connectivity index (χ2v) is 3.79. The van der Waals surface area contributed by atoms with Crippen LogP contribution in [0, 0.1) is 0 Å². The lowest BCUT2D eigenvalue weighted by atomic mass is 10.2. The van der Waals surface area contributed by atoms with E-state index in [-0.39, 0.29) is 12.1 Å². The van der Waals surface area contributed by atoms with Gasteiger partial charge in [-0.25, -0.2) is 9.59 Å². The molecular formula is C9H17NO7. The molecule has 0 bridgehead atoms. The number of aliphatic hydroxyl groups is 3. The highest BCUT2D eigenvalue weighted by molar-refractivity contribution is 5.83. The van der Waals surface area contributed by atoms with Crippen LogP contribution in [0.25, 0.3) is 0 Å². The third-order valence-corrected chi connectivity index (χ3v) is 2.25. The average Bonchev–Trinajstić information content (AvgIpc) is 2.60. The van der Waals surface area contributed by atoms with Crippen molar-refractivity contribution in [1.29, 1.82) is 0 Å². The second-order valence-electron chi connectivity index (χ2n) is 3.79. The Balaban J connectivity index is 0.000000318. The molecule has 1 aliphatic carbocycles. The minimum absolute atomic E-state index is 0.102. The van der Waals surface area contributed by atoms with Gasteiger partial charge in [0.05, 0.1) is 6.10 Å². The van der Waals surface area contributed by atoms with Crippen LogP contribution < -0.4 is 5.73 Å². The maximum absolute atomic E-state index is 9.77. The fourth-order valence-corrected chi connectivity index (χ4v) is 1.26. The van der Waals surface area contributed by atoms with E-state index in [1.807, 2.05) is 0 Å². The van der Waals surface area contributed by atoms with Gasteiger partial charge in [-0.1, -0.05) is 0 Å². The SMILES string of the molecule is N[C@H]1CC[C@@H](O)C1.O=C(O)C(O)C(O)C(=O)O. The Morgan fingerprint density at radius 1 is 1.06 bits per heavy atom. The molecule has 1 saturated carbocycles. The fraction of sp³-hybridized carbons (Fsp3) is 0.778. The van der Waals surface area contributed by atoms with Crippen molar-refractivity contribution in [2.45, 2.75) is 43.6 Å². The molecule has 0 aliphatic heterocycles. The first-order valence-corrected chi connectivity index (χ1v) is 5.01. The summed E-state index contributed by atoms with van der Waals surface area (Å²) >= 11 is 0. The van der Waals surface area contributed by atoms with Crippen LogP contribution in [0.2, 0.25) is 0 Å². The minimum Gasteiger partial charge on any atom is -0.479 e. The summed E-state index contributed by atoms with van der Waals surface area (Å²) < 4.78 is 0. The molecule has 8 heteroatoms. The summed E-state index contributed by atoms with van der Waals surface area (Å²) in [7, 11) is 0. The lowest BCUT2D eigenvalue weighted by molar-refractivity contribution is -0.165. The Morgan fingerprint density at radius 3 is 1.59 bits per heavy atom. The Labute approximate surface area is 97.3 Å². The molecule has 1 fully saturated rings. The first-order valence-electron chi connectivity index (χ1n) is 5.01. The van der Waals surface area contributed by atoms with Crippen molar-refractivity contribution < 1.29 is 35.1 Å². The zero-order valence-corrected chi connectivity index (χ0v) is 9.06. The Bertz CT molecular complexity index is 244. The highest BCUT2D eigenvalue weighted by Crippen LogP contribution is 2.15. The van der Waals surface area contributed by atoms with E-state index in [0.717, 1.165) is 19.3 Å². The van der Waals surface area contributed by atoms with Crippen LogP contribution in [0.1, 0.15) is 19.3 Å². The normalized spacial score (nSPS) is 26.6. The predicted molar refractivity (Wildman–Crippen MR) is 55.1 cm³/mol. The van der Waals surface area contributed by atoms with Crippen molar-refractivity contribution in [1.82, 2.24) is 0 Å². The van der Waals surface area contributed by atoms with Gasteiger partial charge >= 0.3 is 11.9 Å². The number of carboxylic acid groups (broad SMARTS) is 2. The molecule has 0 saturated heterocycles. The molecule has 1 aliphatic rings. The van der Waals surface area contributed by atoms with Crippen molar-refractivity contribution in [3.63, 3.8) is 0 Å². The number of rotatable bonds is 3. The third-order valence-electron chi connectivity index (χ3n) is 2.25. The summed E-state index contributed by atoms with van der Waals surface area (Å²) in [5, 5.41) is 41.3. The standard InChI is InChI=1S/C5H11NO.C4H6O6/c6-4-1-2-5(7)3-4;5-1(3(7)8)2(6)4(9)10/h4-5,7H,1-3,6H2;1-2,5-6H,(H,7,8)(H,9,10)/t4-,5+;/m0./s1. The van der Waals surface area contributed by atoms with E-state index in [1.54, 1.807) is 0 Å². The molecule has 0 radical (unpaired) electrons. The maximum atomic E-state index is 9.77. The van der Waals surface area contributed by atoms with Gasteiger partial charge in [-0.05, 0) is 19.3 Å². The molecule has 0 aromatic carbocycles. The molecule has 0 spiro atoms. The molecule has 1 rings (SSSR count). The summed E-state index contributed by atoms with van der Waals surface area (Å²) in [6, 6.07) is 0.273. The Hall–Kier alpha value is -1.22. The van der Waals surface area contributed by atoms with E-state index in [0.29, 0.717) is 0 Å². The summed E-state index contributed by atoms with van der Waals surface area (Å²) in [5.74, 6) is -3.54. The monoisotopic (exact) mass is 251 g/mol. The van der Waals surface area contributed by atoms with Gasteiger partial charge in [0.2, 0.25) is 0 Å². The van der Waals surface area contributed by atoms with Gasteiger partial charge in [-0.2, -0.15) is 0 Å². The van der Waals surface area contributed by atoms with Crippen molar-refractivity contribution in [2.24, 2.45) is 5.73 Å². The van der Waals surface area contributed by atoms with Crippen LogP contribution in [-0.4, -0.2) is 61.8 Å². The zero-order valence-electron chi connectivity index (χ0n) is 9.06. The van der Waals surface area contributed by atoms with E-state index < -0.39 is 24.1 Å². The molecule has 0 heterocycles. The number of aliphatic hydroxyl groups excluding tert-OH is 3. The summed E-state index contributed by atoms with van der Waals surface area (Å²) in [6.07, 6.45) is -1.92. The molecule has 17 heavy (non-hydrogen) atoms. The predicted octanol–water partition coefficient (Wildman–Crippen LogP) is -2.26. The van der Waals surface area contributed by atoms with Crippen LogP contribution in [0.15, 0.2) is 0 Å². The number of hydrogen-bond donors (Lipinski definition) is 6. The first kappa shape index (κ1) is 15.8. The fourth-order valence-electron chi connectivity index (χ4n) is 1.26. The molecule has 100 valence electrons. The van der Waals surface area contributed by atoms with Gasteiger partial charge < -0.3 is 31.3 Å². The van der Waals surface area contributed by atoms with Crippen molar-refractivity contribution >= 4 is 11.9 Å². The second kappa shape index (κ2) is 7.17. The molecule has 0 aromatic rings. The molecule has 7 N–H and O–H groups in total. The van der Waals surface area contributed by atoms with Crippen molar-refractivity contribution in [3.05, 3.63) is 0 Å². The highest BCUT2D eigenvalue weighted by atomic mass is 16.4.